The lowest BCUT2D eigenvalue weighted by atomic mass is 10.1. The van der Waals surface area contributed by atoms with Crippen LogP contribution in [-0.2, 0) is 11.0 Å². The minimum absolute atomic E-state index is 0.269. The van der Waals surface area contributed by atoms with Crippen LogP contribution in [0.2, 0.25) is 0 Å². The van der Waals surface area contributed by atoms with Gasteiger partial charge in [0.25, 0.3) is 0 Å². The molecular formula is C10H8F3NO2. The Labute approximate surface area is 89.0 Å². The van der Waals surface area contributed by atoms with E-state index < -0.39 is 23.4 Å². The Bertz CT molecular complexity index is 438. The van der Waals surface area contributed by atoms with Gasteiger partial charge in [-0.1, -0.05) is 18.2 Å². The van der Waals surface area contributed by atoms with Crippen molar-refractivity contribution in [3.05, 3.63) is 41.1 Å². The minimum Gasteiger partial charge on any atom is -0.477 e. The van der Waals surface area contributed by atoms with Gasteiger partial charge in [0, 0.05) is 0 Å². The summed E-state index contributed by atoms with van der Waals surface area (Å²) in [5, 5.41) is 8.46. The molecule has 0 spiro atoms. The lowest BCUT2D eigenvalue weighted by Gasteiger charge is -2.09. The van der Waals surface area contributed by atoms with E-state index in [4.69, 9.17) is 10.8 Å². The van der Waals surface area contributed by atoms with Crippen LogP contribution in [-0.4, -0.2) is 11.1 Å². The number of hydrogen-bond acceptors (Lipinski definition) is 2. The Hall–Kier alpha value is -1.98. The maximum absolute atomic E-state index is 12.5. The molecule has 0 saturated carbocycles. The summed E-state index contributed by atoms with van der Waals surface area (Å²) in [6.07, 6.45) is -3.75. The second kappa shape index (κ2) is 4.26. The maximum Gasteiger partial charge on any atom is 0.416 e. The third kappa shape index (κ3) is 2.75. The van der Waals surface area contributed by atoms with E-state index in [0.29, 0.717) is 0 Å². The summed E-state index contributed by atoms with van der Waals surface area (Å²) in [5.74, 6) is -1.46. The first-order chi connectivity index (χ1) is 7.32. The first kappa shape index (κ1) is 12.1. The van der Waals surface area contributed by atoms with E-state index in [2.05, 4.69) is 0 Å². The van der Waals surface area contributed by atoms with Gasteiger partial charge in [-0.05, 0) is 17.7 Å². The zero-order valence-electron chi connectivity index (χ0n) is 7.95. The van der Waals surface area contributed by atoms with Crippen LogP contribution in [0.1, 0.15) is 11.1 Å². The molecule has 1 rings (SSSR count). The van der Waals surface area contributed by atoms with Crippen molar-refractivity contribution in [3.8, 4) is 0 Å². The van der Waals surface area contributed by atoms with E-state index in [9.17, 15) is 18.0 Å². The second-order valence-corrected chi connectivity index (χ2v) is 2.99. The molecule has 0 fully saturated rings. The average molecular weight is 231 g/mol. The van der Waals surface area contributed by atoms with Gasteiger partial charge in [-0.15, -0.1) is 0 Å². The Morgan fingerprint density at radius 2 is 1.88 bits per heavy atom. The van der Waals surface area contributed by atoms with Gasteiger partial charge >= 0.3 is 12.1 Å². The topological polar surface area (TPSA) is 63.3 Å². The maximum atomic E-state index is 12.5. The molecule has 6 heteroatoms. The molecule has 0 unspecified atom stereocenters. The highest BCUT2D eigenvalue weighted by atomic mass is 19.4. The number of halogens is 3. The van der Waals surface area contributed by atoms with Crippen LogP contribution in [0.3, 0.4) is 0 Å². The monoisotopic (exact) mass is 231 g/mol. The predicted molar refractivity (Wildman–Crippen MR) is 51.2 cm³/mol. The third-order valence-corrected chi connectivity index (χ3v) is 1.82. The van der Waals surface area contributed by atoms with Gasteiger partial charge in [0.15, 0.2) is 0 Å². The summed E-state index contributed by atoms with van der Waals surface area (Å²) in [4.78, 5) is 10.4. The van der Waals surface area contributed by atoms with Crippen LogP contribution in [0.25, 0.3) is 6.08 Å². The fourth-order valence-electron chi connectivity index (χ4n) is 1.11. The largest absolute Gasteiger partial charge is 0.477 e. The van der Waals surface area contributed by atoms with Gasteiger partial charge in [-0.3, -0.25) is 0 Å². The van der Waals surface area contributed by atoms with Crippen molar-refractivity contribution in [2.45, 2.75) is 6.18 Å². The van der Waals surface area contributed by atoms with Crippen LogP contribution >= 0.6 is 0 Å². The Morgan fingerprint density at radius 1 is 1.31 bits per heavy atom. The van der Waals surface area contributed by atoms with E-state index in [0.717, 1.165) is 18.2 Å². The number of carboxylic acid groups (broad SMARTS) is 1. The molecule has 86 valence electrons. The molecule has 1 aromatic rings. The number of alkyl halides is 3. The second-order valence-electron chi connectivity index (χ2n) is 2.99. The summed E-state index contributed by atoms with van der Waals surface area (Å²) < 4.78 is 37.4. The van der Waals surface area contributed by atoms with Crippen molar-refractivity contribution in [3.63, 3.8) is 0 Å². The zero-order valence-corrected chi connectivity index (χ0v) is 7.95. The number of carbonyl (C=O) groups is 1. The first-order valence-electron chi connectivity index (χ1n) is 4.19. The molecule has 3 N–H and O–H groups in total. The average Bonchev–Trinajstić information content (AvgIpc) is 2.16. The van der Waals surface area contributed by atoms with Crippen molar-refractivity contribution in [2.75, 3.05) is 0 Å². The van der Waals surface area contributed by atoms with Gasteiger partial charge in [0.2, 0.25) is 0 Å². The van der Waals surface area contributed by atoms with Crippen LogP contribution in [0.4, 0.5) is 13.2 Å². The van der Waals surface area contributed by atoms with Gasteiger partial charge in [-0.25, -0.2) is 4.79 Å². The van der Waals surface area contributed by atoms with Crippen molar-refractivity contribution >= 4 is 12.0 Å². The van der Waals surface area contributed by atoms with Crippen LogP contribution in [0.5, 0.6) is 0 Å². The summed E-state index contributed by atoms with van der Waals surface area (Å²) in [6, 6.07) is 4.60. The van der Waals surface area contributed by atoms with E-state index in [1.165, 1.54) is 12.1 Å². The van der Waals surface area contributed by atoms with Crippen molar-refractivity contribution < 1.29 is 23.1 Å². The fourth-order valence-corrected chi connectivity index (χ4v) is 1.11. The van der Waals surface area contributed by atoms with Gasteiger partial charge < -0.3 is 10.8 Å². The van der Waals surface area contributed by atoms with Crippen molar-refractivity contribution in [1.82, 2.24) is 0 Å². The summed E-state index contributed by atoms with van der Waals surface area (Å²) >= 11 is 0. The molecule has 3 nitrogen and oxygen atoms in total. The van der Waals surface area contributed by atoms with E-state index in [1.807, 2.05) is 0 Å². The number of nitrogens with two attached hydrogens (primary N) is 1. The van der Waals surface area contributed by atoms with Crippen molar-refractivity contribution in [1.29, 1.82) is 0 Å². The molecule has 0 atom stereocenters. The lowest BCUT2D eigenvalue weighted by Crippen LogP contribution is -2.11. The quantitative estimate of drug-likeness (QED) is 0.766. The number of rotatable bonds is 2. The molecule has 0 bridgehead atoms. The molecule has 1 aromatic carbocycles. The summed E-state index contributed by atoms with van der Waals surface area (Å²) in [7, 11) is 0. The van der Waals surface area contributed by atoms with Crippen LogP contribution in [0.15, 0.2) is 30.0 Å². The number of hydrogen-bond donors (Lipinski definition) is 2. The van der Waals surface area contributed by atoms with Crippen LogP contribution < -0.4 is 5.73 Å². The van der Waals surface area contributed by atoms with Gasteiger partial charge in [-0.2, -0.15) is 13.2 Å². The molecule has 0 aliphatic rings. The molecule has 16 heavy (non-hydrogen) atoms. The molecule has 0 aliphatic heterocycles. The van der Waals surface area contributed by atoms with Crippen molar-refractivity contribution in [2.24, 2.45) is 5.73 Å². The van der Waals surface area contributed by atoms with E-state index in [-0.39, 0.29) is 5.56 Å². The molecule has 0 aliphatic carbocycles. The Balaban J connectivity index is 3.25. The Morgan fingerprint density at radius 3 is 2.38 bits per heavy atom. The molecule has 0 radical (unpaired) electrons. The standard InChI is InChI=1S/C10H8F3NO2/c11-10(12,13)7-4-2-1-3-6(7)5-8(14)9(15)16/h1-5H,14H2,(H,15,16)/b8-5+. The predicted octanol–water partition coefficient (Wildman–Crippen LogP) is 2.09. The van der Waals surface area contributed by atoms with E-state index >= 15 is 0 Å². The zero-order chi connectivity index (χ0) is 12.3. The minimum atomic E-state index is -4.54. The molecule has 0 saturated heterocycles. The molecular weight excluding hydrogens is 223 g/mol. The van der Waals surface area contributed by atoms with Crippen LogP contribution in [0, 0.1) is 0 Å². The Kier molecular flexibility index (Phi) is 3.22. The molecule has 0 amide bonds. The normalized spacial score (nSPS) is 12.6. The highest BCUT2D eigenvalue weighted by Crippen LogP contribution is 2.32. The SMILES string of the molecule is N/C(=C/c1ccccc1C(F)(F)F)C(=O)O. The molecule has 0 heterocycles. The summed E-state index contributed by atoms with van der Waals surface area (Å²) in [5.41, 5.74) is 3.23. The highest BCUT2D eigenvalue weighted by molar-refractivity contribution is 5.91. The third-order valence-electron chi connectivity index (χ3n) is 1.82. The molecule has 0 aromatic heterocycles. The number of benzene rings is 1. The first-order valence-corrected chi connectivity index (χ1v) is 4.19. The number of carboxylic acids is 1. The fraction of sp³-hybridized carbons (Fsp3) is 0.100. The smallest absolute Gasteiger partial charge is 0.416 e. The highest BCUT2D eigenvalue weighted by Gasteiger charge is 2.32. The number of aliphatic carboxylic acids is 1. The summed E-state index contributed by atoms with van der Waals surface area (Å²) in [6.45, 7) is 0. The van der Waals surface area contributed by atoms with E-state index in [1.54, 1.807) is 0 Å². The lowest BCUT2D eigenvalue weighted by molar-refractivity contribution is -0.138. The van der Waals surface area contributed by atoms with Gasteiger partial charge in [0.1, 0.15) is 5.70 Å². The van der Waals surface area contributed by atoms with Gasteiger partial charge in [0.05, 0.1) is 5.56 Å².